The van der Waals surface area contributed by atoms with Crippen molar-refractivity contribution in [2.75, 3.05) is 68.6 Å². The van der Waals surface area contributed by atoms with E-state index in [2.05, 4.69) is 42.3 Å². The lowest BCUT2D eigenvalue weighted by atomic mass is 10.5. The van der Waals surface area contributed by atoms with Crippen LogP contribution >= 0.6 is 22.1 Å². The fourth-order valence-electron chi connectivity index (χ4n) is 0.730. The van der Waals surface area contributed by atoms with Crippen LogP contribution in [-0.2, 0) is 8.37 Å². The van der Waals surface area contributed by atoms with Crippen LogP contribution in [0, 0.1) is 0 Å². The molecule has 0 saturated carbocycles. The summed E-state index contributed by atoms with van der Waals surface area (Å²) in [5, 5.41) is 0. The van der Waals surface area contributed by atoms with Crippen LogP contribution in [0.4, 0.5) is 0 Å². The van der Waals surface area contributed by atoms with Gasteiger partial charge in [-0.3, -0.25) is 8.37 Å². The van der Waals surface area contributed by atoms with Gasteiger partial charge in [0.15, 0.2) is 0 Å². The lowest BCUT2D eigenvalue weighted by Crippen LogP contribution is -2.37. The fraction of sp³-hybridized carbons (Fsp3) is 1.00. The lowest BCUT2D eigenvalue weighted by molar-refractivity contribution is -0.870. The Labute approximate surface area is 108 Å². The van der Waals surface area contributed by atoms with Crippen molar-refractivity contribution in [3.05, 3.63) is 0 Å². The van der Waals surface area contributed by atoms with E-state index in [-0.39, 0.29) is 0 Å². The molecule has 0 heterocycles. The zero-order valence-electron chi connectivity index (χ0n) is 11.4. The zero-order valence-corrected chi connectivity index (χ0v) is 13.0. The van der Waals surface area contributed by atoms with Gasteiger partial charge < -0.3 is 8.97 Å². The maximum absolute atomic E-state index is 5.38. The second kappa shape index (κ2) is 7.79. The van der Waals surface area contributed by atoms with Gasteiger partial charge in [0.1, 0.15) is 26.3 Å². The van der Waals surface area contributed by atoms with Gasteiger partial charge in [-0.1, -0.05) is 0 Å². The average Bonchev–Trinajstić information content (AvgIpc) is 2.06. The third-order valence-corrected chi connectivity index (χ3v) is 3.14. The maximum atomic E-state index is 5.38. The van der Waals surface area contributed by atoms with Crippen LogP contribution in [0.3, 0.4) is 0 Å². The fourth-order valence-corrected chi connectivity index (χ4v) is 1.74. The van der Waals surface area contributed by atoms with Crippen LogP contribution in [0.5, 0.6) is 0 Å². The first-order valence-corrected chi connectivity index (χ1v) is 7.39. The van der Waals surface area contributed by atoms with Crippen molar-refractivity contribution in [1.82, 2.24) is 0 Å². The number of rotatable bonds is 9. The molecule has 0 atom stereocenters. The summed E-state index contributed by atoms with van der Waals surface area (Å²) < 4.78 is 12.6. The van der Waals surface area contributed by atoms with Gasteiger partial charge in [0.25, 0.3) is 0 Å². The summed E-state index contributed by atoms with van der Waals surface area (Å²) in [5.41, 5.74) is 0. The Morgan fingerprint density at radius 1 is 0.688 bits per heavy atom. The van der Waals surface area contributed by atoms with Crippen LogP contribution < -0.4 is 0 Å². The molecule has 0 spiro atoms. The van der Waals surface area contributed by atoms with E-state index in [9.17, 15) is 0 Å². The van der Waals surface area contributed by atoms with Crippen molar-refractivity contribution in [3.63, 3.8) is 0 Å². The van der Waals surface area contributed by atoms with Crippen LogP contribution in [0.1, 0.15) is 0 Å². The highest BCUT2D eigenvalue weighted by Gasteiger charge is 2.07. The predicted octanol–water partition coefficient (Wildman–Crippen LogP) is 1.64. The summed E-state index contributed by atoms with van der Waals surface area (Å²) in [6, 6.07) is 0. The van der Waals surface area contributed by atoms with E-state index < -0.39 is 0 Å². The molecule has 0 saturated heterocycles. The summed E-state index contributed by atoms with van der Waals surface area (Å²) in [6.07, 6.45) is 0. The Balaban J connectivity index is 3.17. The molecular weight excluding hydrogens is 244 g/mol. The van der Waals surface area contributed by atoms with E-state index >= 15 is 0 Å². The van der Waals surface area contributed by atoms with E-state index in [0.29, 0.717) is 0 Å². The highest BCUT2D eigenvalue weighted by atomic mass is 33.1. The van der Waals surface area contributed by atoms with Gasteiger partial charge in [-0.2, -0.15) is 0 Å². The first kappa shape index (κ1) is 16.5. The number of hydrogen-bond donors (Lipinski definition) is 0. The monoisotopic (exact) mass is 270 g/mol. The Morgan fingerprint density at radius 2 is 1.00 bits per heavy atom. The van der Waals surface area contributed by atoms with Crippen molar-refractivity contribution >= 4 is 22.1 Å². The molecule has 0 aliphatic rings. The summed E-state index contributed by atoms with van der Waals surface area (Å²) in [4.78, 5) is 0. The largest absolute Gasteiger partial charge is 0.329 e. The summed E-state index contributed by atoms with van der Waals surface area (Å²) in [7, 11) is 12.9. The Morgan fingerprint density at radius 3 is 1.25 bits per heavy atom. The van der Waals surface area contributed by atoms with Crippen molar-refractivity contribution < 1.29 is 17.3 Å². The first-order chi connectivity index (χ1) is 7.21. The molecule has 0 N–H and O–H groups in total. The van der Waals surface area contributed by atoms with E-state index in [4.69, 9.17) is 8.37 Å². The SMILES string of the molecule is C[N+](C)(C)CCOSSOCC[N+](C)(C)C. The van der Waals surface area contributed by atoms with Gasteiger partial charge in [-0.05, 0) is 0 Å². The van der Waals surface area contributed by atoms with Crippen LogP contribution in [-0.4, -0.2) is 77.6 Å². The van der Waals surface area contributed by atoms with Gasteiger partial charge in [0.2, 0.25) is 0 Å². The minimum atomic E-state index is 0.750. The maximum Gasteiger partial charge on any atom is 0.111 e. The quantitative estimate of drug-likeness (QED) is 0.274. The third-order valence-electron chi connectivity index (χ3n) is 1.81. The van der Waals surface area contributed by atoms with E-state index in [1.807, 2.05) is 0 Å². The molecule has 0 aromatic rings. The van der Waals surface area contributed by atoms with Crippen molar-refractivity contribution in [1.29, 1.82) is 0 Å². The molecule has 16 heavy (non-hydrogen) atoms. The molecular formula is C10H26N2O2S2+2. The first-order valence-electron chi connectivity index (χ1n) is 5.39. The molecule has 0 aliphatic carbocycles. The summed E-state index contributed by atoms with van der Waals surface area (Å²) in [6.45, 7) is 3.51. The molecule has 0 aromatic carbocycles. The number of likely N-dealkylation sites (N-methyl/N-ethyl adjacent to an activating group) is 2. The summed E-state index contributed by atoms with van der Waals surface area (Å²) in [5.74, 6) is 0. The second-order valence-electron chi connectivity index (χ2n) is 5.81. The van der Waals surface area contributed by atoms with Crippen molar-refractivity contribution in [2.24, 2.45) is 0 Å². The van der Waals surface area contributed by atoms with Crippen molar-refractivity contribution in [2.45, 2.75) is 0 Å². The standard InChI is InChI=1S/C10H26N2O2S2/c1-11(2,3)7-9-13-15-16-14-10-8-12(4,5)6/h7-10H2,1-6H3/q+2. The smallest absolute Gasteiger partial charge is 0.111 e. The van der Waals surface area contributed by atoms with Crippen LogP contribution in [0.25, 0.3) is 0 Å². The lowest BCUT2D eigenvalue weighted by Gasteiger charge is -2.23. The number of nitrogens with zero attached hydrogens (tertiary/aromatic N) is 2. The third kappa shape index (κ3) is 14.5. The van der Waals surface area contributed by atoms with Gasteiger partial charge in [-0.25, -0.2) is 0 Å². The molecule has 0 rings (SSSR count). The molecule has 0 aliphatic heterocycles. The minimum Gasteiger partial charge on any atom is -0.329 e. The summed E-state index contributed by atoms with van der Waals surface area (Å²) >= 11 is 2.64. The molecule has 0 bridgehead atoms. The number of hydrogen-bond acceptors (Lipinski definition) is 4. The second-order valence-corrected chi connectivity index (χ2v) is 7.37. The van der Waals surface area contributed by atoms with Gasteiger partial charge in [0, 0.05) is 0 Å². The zero-order chi connectivity index (χ0) is 12.7. The van der Waals surface area contributed by atoms with Gasteiger partial charge in [-0.15, -0.1) is 0 Å². The van der Waals surface area contributed by atoms with E-state index in [0.717, 1.165) is 35.3 Å². The molecule has 98 valence electrons. The molecule has 0 fully saturated rings. The molecule has 0 amide bonds. The molecule has 6 heteroatoms. The van der Waals surface area contributed by atoms with Crippen LogP contribution in [0.15, 0.2) is 0 Å². The molecule has 0 unspecified atom stereocenters. The van der Waals surface area contributed by atoms with Gasteiger partial charge >= 0.3 is 0 Å². The normalized spacial score (nSPS) is 13.1. The average molecular weight is 270 g/mol. The topological polar surface area (TPSA) is 18.5 Å². The molecule has 4 nitrogen and oxygen atoms in total. The molecule has 0 aromatic heterocycles. The van der Waals surface area contributed by atoms with E-state index in [1.165, 1.54) is 22.1 Å². The van der Waals surface area contributed by atoms with Crippen LogP contribution in [0.2, 0.25) is 0 Å². The minimum absolute atomic E-state index is 0.750. The van der Waals surface area contributed by atoms with E-state index in [1.54, 1.807) is 0 Å². The highest BCUT2D eigenvalue weighted by Crippen LogP contribution is 2.23. The Hall–Kier alpha value is 0.540. The predicted molar refractivity (Wildman–Crippen MR) is 72.9 cm³/mol. The molecule has 0 radical (unpaired) electrons. The Bertz CT molecular complexity index is 159. The number of quaternary nitrogens is 2. The highest BCUT2D eigenvalue weighted by molar-refractivity contribution is 8.73. The van der Waals surface area contributed by atoms with Crippen molar-refractivity contribution in [3.8, 4) is 0 Å². The van der Waals surface area contributed by atoms with Gasteiger partial charge in [0.05, 0.1) is 64.4 Å². The Kier molecular flexibility index (Phi) is 8.05.